The van der Waals surface area contributed by atoms with Gasteiger partial charge >= 0.3 is 5.97 Å². The first-order chi connectivity index (χ1) is 20.4. The Kier molecular flexibility index (Phi) is 7.91. The molecule has 2 aromatic heterocycles. The van der Waals surface area contributed by atoms with Gasteiger partial charge in [0.25, 0.3) is 0 Å². The summed E-state index contributed by atoms with van der Waals surface area (Å²) in [4.78, 5) is 19.5. The standard InChI is InChI=1S/C31H33FN6O4/c1-20-16-38(35-30(20)42-19-23-4-3-21(15-33)13-26(23)32)24-7-10-36(11-8-24)18-29-34-27-6-5-22(31(39)40-2)14-28(27)37(29)17-25-9-12-41-25/h3-6,13-14,16,24-25H,7-12,17-19H2,1-2H3/t25-/m0/s1. The lowest BCUT2D eigenvalue weighted by atomic mass is 10.1. The molecule has 2 aromatic carbocycles. The van der Waals surface area contributed by atoms with E-state index >= 15 is 0 Å². The predicted molar refractivity (Wildman–Crippen MR) is 151 cm³/mol. The van der Waals surface area contributed by atoms with Gasteiger partial charge in [0.15, 0.2) is 0 Å². The van der Waals surface area contributed by atoms with Crippen molar-refractivity contribution in [1.82, 2.24) is 24.2 Å². The maximum Gasteiger partial charge on any atom is 0.337 e. The van der Waals surface area contributed by atoms with E-state index in [-0.39, 0.29) is 30.3 Å². The van der Waals surface area contributed by atoms with Gasteiger partial charge in [-0.15, -0.1) is 5.10 Å². The maximum atomic E-state index is 14.3. The smallest absolute Gasteiger partial charge is 0.337 e. The first kappa shape index (κ1) is 27.9. The SMILES string of the molecule is COC(=O)c1ccc2nc(CN3CCC(n4cc(C)c(OCc5ccc(C#N)cc5F)n4)CC3)n(C[C@@H]3CCO3)c2c1. The number of nitriles is 1. The van der Waals surface area contributed by atoms with E-state index in [1.165, 1.54) is 13.2 Å². The average molecular weight is 573 g/mol. The minimum atomic E-state index is -0.462. The first-order valence-corrected chi connectivity index (χ1v) is 14.2. The van der Waals surface area contributed by atoms with Gasteiger partial charge in [-0.1, -0.05) is 6.07 Å². The van der Waals surface area contributed by atoms with Crippen molar-refractivity contribution in [2.24, 2.45) is 0 Å². The lowest BCUT2D eigenvalue weighted by Gasteiger charge is -2.32. The zero-order valence-corrected chi connectivity index (χ0v) is 23.8. The normalized spacial score (nSPS) is 17.6. The number of carbonyl (C=O) groups excluding carboxylic acids is 1. The number of rotatable bonds is 9. The highest BCUT2D eigenvalue weighted by Crippen LogP contribution is 2.28. The van der Waals surface area contributed by atoms with Crippen molar-refractivity contribution in [2.45, 2.75) is 58.0 Å². The van der Waals surface area contributed by atoms with Crippen molar-refractivity contribution in [3.05, 3.63) is 76.5 Å². The topological polar surface area (TPSA) is 107 Å². The van der Waals surface area contributed by atoms with Crippen molar-refractivity contribution in [3.8, 4) is 11.9 Å². The van der Waals surface area contributed by atoms with Crippen LogP contribution in [0.25, 0.3) is 11.0 Å². The Morgan fingerprint density at radius 3 is 2.69 bits per heavy atom. The number of imidazole rings is 1. The fourth-order valence-corrected chi connectivity index (χ4v) is 5.59. The van der Waals surface area contributed by atoms with Gasteiger partial charge in [0, 0.05) is 37.0 Å². The molecule has 1 atom stereocenters. The monoisotopic (exact) mass is 572 g/mol. The summed E-state index contributed by atoms with van der Waals surface area (Å²) < 4.78 is 34.9. The largest absolute Gasteiger partial charge is 0.471 e. The highest BCUT2D eigenvalue weighted by molar-refractivity contribution is 5.93. The third-order valence-corrected chi connectivity index (χ3v) is 8.14. The molecular weight excluding hydrogens is 539 g/mol. The minimum absolute atomic E-state index is 0.0435. The minimum Gasteiger partial charge on any atom is -0.471 e. The Hall–Kier alpha value is -4.27. The van der Waals surface area contributed by atoms with Crippen LogP contribution < -0.4 is 4.74 Å². The number of ether oxygens (including phenoxy) is 3. The number of aryl methyl sites for hydroxylation is 1. The van der Waals surface area contributed by atoms with E-state index in [9.17, 15) is 9.18 Å². The van der Waals surface area contributed by atoms with E-state index in [2.05, 4.69) is 14.6 Å². The molecule has 4 heterocycles. The summed E-state index contributed by atoms with van der Waals surface area (Å²) in [6.07, 6.45) is 4.99. The zero-order valence-electron chi connectivity index (χ0n) is 23.8. The fourth-order valence-electron chi connectivity index (χ4n) is 5.59. The van der Waals surface area contributed by atoms with Crippen LogP contribution in [0.5, 0.6) is 5.88 Å². The molecule has 10 nitrogen and oxygen atoms in total. The van der Waals surface area contributed by atoms with Gasteiger partial charge in [-0.05, 0) is 56.5 Å². The van der Waals surface area contributed by atoms with Gasteiger partial charge in [0.2, 0.25) is 5.88 Å². The van der Waals surface area contributed by atoms with Crippen LogP contribution in [0.1, 0.15) is 58.2 Å². The molecule has 11 heteroatoms. The molecular formula is C31H33FN6O4. The molecule has 2 aliphatic rings. The number of hydrogen-bond acceptors (Lipinski definition) is 8. The van der Waals surface area contributed by atoms with E-state index in [0.717, 1.165) is 61.4 Å². The molecule has 2 aliphatic heterocycles. The summed E-state index contributed by atoms with van der Waals surface area (Å²) in [5, 5.41) is 13.6. The number of fused-ring (bicyclic) bond motifs is 1. The summed E-state index contributed by atoms with van der Waals surface area (Å²) in [5.74, 6) is 0.620. The van der Waals surface area contributed by atoms with Crippen LogP contribution in [0.3, 0.4) is 0 Å². The number of esters is 1. The molecule has 0 bridgehead atoms. The summed E-state index contributed by atoms with van der Waals surface area (Å²) in [6.45, 7) is 5.92. The molecule has 6 rings (SSSR count). The molecule has 0 amide bonds. The molecule has 4 aromatic rings. The van der Waals surface area contributed by atoms with E-state index in [1.807, 2.05) is 36.0 Å². The summed E-state index contributed by atoms with van der Waals surface area (Å²) in [5.41, 5.74) is 3.83. The Morgan fingerprint density at radius 1 is 1.19 bits per heavy atom. The molecule has 42 heavy (non-hydrogen) atoms. The zero-order chi connectivity index (χ0) is 29.2. The first-order valence-electron chi connectivity index (χ1n) is 14.2. The Bertz CT molecular complexity index is 1650. The van der Waals surface area contributed by atoms with Gasteiger partial charge in [0.1, 0.15) is 18.2 Å². The average Bonchev–Trinajstić information content (AvgIpc) is 3.52. The third-order valence-electron chi connectivity index (χ3n) is 8.14. The number of benzene rings is 2. The number of hydrogen-bond donors (Lipinski definition) is 0. The third kappa shape index (κ3) is 5.73. The number of carbonyl (C=O) groups is 1. The van der Waals surface area contributed by atoms with Gasteiger partial charge in [-0.25, -0.2) is 14.2 Å². The number of piperidine rings is 1. The van der Waals surface area contributed by atoms with E-state index in [4.69, 9.17) is 24.5 Å². The van der Waals surface area contributed by atoms with Crippen LogP contribution in [0.2, 0.25) is 0 Å². The van der Waals surface area contributed by atoms with Crippen molar-refractivity contribution < 1.29 is 23.4 Å². The second kappa shape index (κ2) is 11.9. The van der Waals surface area contributed by atoms with Crippen LogP contribution in [0.4, 0.5) is 4.39 Å². The maximum absolute atomic E-state index is 14.3. The van der Waals surface area contributed by atoms with E-state index < -0.39 is 5.82 Å². The van der Waals surface area contributed by atoms with Crippen molar-refractivity contribution in [2.75, 3.05) is 26.8 Å². The number of likely N-dealkylation sites (tertiary alicyclic amines) is 1. The predicted octanol–water partition coefficient (Wildman–Crippen LogP) is 4.54. The second-order valence-electron chi connectivity index (χ2n) is 10.9. The fraction of sp³-hybridized carbons (Fsp3) is 0.419. The second-order valence-corrected chi connectivity index (χ2v) is 10.9. The van der Waals surface area contributed by atoms with E-state index in [1.54, 1.807) is 18.2 Å². The number of nitrogens with zero attached hydrogens (tertiary/aromatic N) is 6. The highest BCUT2D eigenvalue weighted by atomic mass is 19.1. The van der Waals surface area contributed by atoms with E-state index in [0.29, 0.717) is 30.1 Å². The van der Waals surface area contributed by atoms with Crippen LogP contribution in [0, 0.1) is 24.1 Å². The molecule has 0 unspecified atom stereocenters. The number of methoxy groups -OCH3 is 1. The summed E-state index contributed by atoms with van der Waals surface area (Å²) in [7, 11) is 1.39. The van der Waals surface area contributed by atoms with Gasteiger partial charge in [-0.2, -0.15) is 5.26 Å². The van der Waals surface area contributed by atoms with Crippen molar-refractivity contribution >= 4 is 17.0 Å². The molecule has 2 fully saturated rings. The van der Waals surface area contributed by atoms with Crippen LogP contribution in [-0.2, 0) is 29.2 Å². The molecule has 0 N–H and O–H groups in total. The molecule has 0 saturated carbocycles. The Morgan fingerprint density at radius 2 is 2.00 bits per heavy atom. The Balaban J connectivity index is 1.11. The van der Waals surface area contributed by atoms with Crippen LogP contribution in [-0.4, -0.2) is 63.1 Å². The molecule has 0 spiro atoms. The van der Waals surface area contributed by atoms with Gasteiger partial charge in [-0.3, -0.25) is 9.58 Å². The van der Waals surface area contributed by atoms with Crippen molar-refractivity contribution in [3.63, 3.8) is 0 Å². The quantitative estimate of drug-likeness (QED) is 0.269. The van der Waals surface area contributed by atoms with Crippen molar-refractivity contribution in [1.29, 1.82) is 5.26 Å². The lowest BCUT2D eigenvalue weighted by molar-refractivity contribution is -0.0592. The van der Waals surface area contributed by atoms with Crippen LogP contribution >= 0.6 is 0 Å². The van der Waals surface area contributed by atoms with Gasteiger partial charge in [0.05, 0.1) is 60.6 Å². The van der Waals surface area contributed by atoms with Gasteiger partial charge < -0.3 is 18.8 Å². The summed E-state index contributed by atoms with van der Waals surface area (Å²) >= 11 is 0. The summed E-state index contributed by atoms with van der Waals surface area (Å²) in [6, 6.07) is 12.0. The molecule has 0 radical (unpaired) electrons. The van der Waals surface area contributed by atoms with Crippen LogP contribution in [0.15, 0.2) is 42.6 Å². The molecule has 2 saturated heterocycles. The number of aromatic nitrogens is 4. The highest BCUT2D eigenvalue weighted by Gasteiger charge is 2.26. The molecule has 0 aliphatic carbocycles. The Labute approximate surface area is 243 Å². The lowest BCUT2D eigenvalue weighted by Crippen LogP contribution is -2.36. The molecule has 218 valence electrons. The number of halogens is 1.